The van der Waals surface area contributed by atoms with E-state index >= 15 is 0 Å². The Morgan fingerprint density at radius 2 is 1.85 bits per heavy atom. The van der Waals surface area contributed by atoms with Gasteiger partial charge in [0, 0.05) is 5.56 Å². The summed E-state index contributed by atoms with van der Waals surface area (Å²) in [4.78, 5) is 0. The predicted molar refractivity (Wildman–Crippen MR) is 75.0 cm³/mol. The van der Waals surface area contributed by atoms with Crippen molar-refractivity contribution in [3.63, 3.8) is 0 Å². The second kappa shape index (κ2) is 6.01. The second-order valence-electron chi connectivity index (χ2n) is 4.60. The molecule has 0 bridgehead atoms. The summed E-state index contributed by atoms with van der Waals surface area (Å²) in [7, 11) is 3.13. The first-order valence-corrected chi connectivity index (χ1v) is 6.34. The van der Waals surface area contributed by atoms with Crippen LogP contribution in [-0.2, 0) is 0 Å². The van der Waals surface area contributed by atoms with Gasteiger partial charge in [0.05, 0.1) is 18.7 Å². The number of rotatable bonds is 4. The second-order valence-corrected chi connectivity index (χ2v) is 4.60. The molecule has 0 saturated carbocycles. The van der Waals surface area contributed by atoms with Crippen LogP contribution < -0.4 is 10.1 Å². The molecule has 0 aliphatic carbocycles. The van der Waals surface area contributed by atoms with Crippen LogP contribution in [0.4, 0.5) is 8.78 Å². The van der Waals surface area contributed by atoms with E-state index in [2.05, 4.69) is 5.32 Å². The van der Waals surface area contributed by atoms with Crippen molar-refractivity contribution in [2.24, 2.45) is 0 Å². The SMILES string of the molecule is CNC(c1cc(C)ccc1F)c1c(F)cccc1OC. The van der Waals surface area contributed by atoms with Crippen LogP contribution in [0.2, 0.25) is 0 Å². The molecule has 20 heavy (non-hydrogen) atoms. The first-order valence-electron chi connectivity index (χ1n) is 6.34. The normalized spacial score (nSPS) is 12.2. The average Bonchev–Trinajstić information content (AvgIpc) is 2.44. The van der Waals surface area contributed by atoms with E-state index in [4.69, 9.17) is 4.74 Å². The largest absolute Gasteiger partial charge is 0.496 e. The van der Waals surface area contributed by atoms with Gasteiger partial charge in [0.25, 0.3) is 0 Å². The Labute approximate surface area is 117 Å². The maximum atomic E-state index is 14.1. The van der Waals surface area contributed by atoms with Crippen molar-refractivity contribution in [3.8, 4) is 5.75 Å². The number of nitrogens with one attached hydrogen (secondary N) is 1. The summed E-state index contributed by atoms with van der Waals surface area (Å²) < 4.78 is 33.4. The number of methoxy groups -OCH3 is 1. The summed E-state index contributed by atoms with van der Waals surface area (Å²) >= 11 is 0. The lowest BCUT2D eigenvalue weighted by Gasteiger charge is -2.21. The van der Waals surface area contributed by atoms with Crippen LogP contribution in [0.3, 0.4) is 0 Å². The minimum Gasteiger partial charge on any atom is -0.496 e. The molecular formula is C16H17F2NO. The lowest BCUT2D eigenvalue weighted by molar-refractivity contribution is 0.397. The summed E-state index contributed by atoms with van der Waals surface area (Å²) in [6.45, 7) is 1.87. The van der Waals surface area contributed by atoms with Crippen LogP contribution in [0.1, 0.15) is 22.7 Å². The van der Waals surface area contributed by atoms with Gasteiger partial charge in [-0.2, -0.15) is 0 Å². The Hall–Kier alpha value is -1.94. The Balaban J connectivity index is 2.61. The van der Waals surface area contributed by atoms with Gasteiger partial charge >= 0.3 is 0 Å². The Kier molecular flexibility index (Phi) is 4.35. The summed E-state index contributed by atoms with van der Waals surface area (Å²) in [5, 5.41) is 2.96. The van der Waals surface area contributed by atoms with Crippen LogP contribution >= 0.6 is 0 Å². The van der Waals surface area contributed by atoms with Gasteiger partial charge in [-0.3, -0.25) is 0 Å². The lowest BCUT2D eigenvalue weighted by Crippen LogP contribution is -2.21. The fourth-order valence-electron chi connectivity index (χ4n) is 2.32. The molecule has 0 fully saturated rings. The van der Waals surface area contributed by atoms with E-state index in [1.54, 1.807) is 31.3 Å². The molecule has 0 amide bonds. The zero-order valence-electron chi connectivity index (χ0n) is 11.7. The highest BCUT2D eigenvalue weighted by molar-refractivity contribution is 5.43. The highest BCUT2D eigenvalue weighted by atomic mass is 19.1. The Morgan fingerprint density at radius 1 is 1.10 bits per heavy atom. The quantitative estimate of drug-likeness (QED) is 0.922. The Morgan fingerprint density at radius 3 is 2.50 bits per heavy atom. The zero-order chi connectivity index (χ0) is 14.7. The van der Waals surface area contributed by atoms with Crippen molar-refractivity contribution in [2.45, 2.75) is 13.0 Å². The molecule has 2 aromatic carbocycles. The van der Waals surface area contributed by atoms with Gasteiger partial charge in [0.2, 0.25) is 0 Å². The van der Waals surface area contributed by atoms with Crippen LogP contribution in [0.25, 0.3) is 0 Å². The molecule has 2 nitrogen and oxygen atoms in total. The van der Waals surface area contributed by atoms with Crippen molar-refractivity contribution < 1.29 is 13.5 Å². The van der Waals surface area contributed by atoms with Gasteiger partial charge in [-0.1, -0.05) is 23.8 Å². The molecule has 106 valence electrons. The summed E-state index contributed by atoms with van der Waals surface area (Å²) in [5.41, 5.74) is 1.62. The molecular weight excluding hydrogens is 260 g/mol. The molecule has 1 atom stereocenters. The van der Waals surface area contributed by atoms with E-state index in [1.807, 2.05) is 6.92 Å². The number of hydrogen-bond acceptors (Lipinski definition) is 2. The zero-order valence-corrected chi connectivity index (χ0v) is 11.7. The van der Waals surface area contributed by atoms with Crippen molar-refractivity contribution >= 4 is 0 Å². The lowest BCUT2D eigenvalue weighted by atomic mass is 9.95. The fourth-order valence-corrected chi connectivity index (χ4v) is 2.32. The molecule has 0 aliphatic rings. The summed E-state index contributed by atoms with van der Waals surface area (Å²) in [5.74, 6) is -0.407. The monoisotopic (exact) mass is 277 g/mol. The molecule has 1 N–H and O–H groups in total. The van der Waals surface area contributed by atoms with Gasteiger partial charge < -0.3 is 10.1 Å². The van der Waals surface area contributed by atoms with E-state index in [0.717, 1.165) is 5.56 Å². The smallest absolute Gasteiger partial charge is 0.132 e. The molecule has 0 radical (unpaired) electrons. The summed E-state index contributed by atoms with van der Waals surface area (Å²) in [6.07, 6.45) is 0. The molecule has 2 rings (SSSR count). The van der Waals surface area contributed by atoms with E-state index in [0.29, 0.717) is 16.9 Å². The fraction of sp³-hybridized carbons (Fsp3) is 0.250. The molecule has 0 spiro atoms. The number of ether oxygens (including phenoxy) is 1. The molecule has 0 aromatic heterocycles. The third-order valence-corrected chi connectivity index (χ3v) is 3.27. The van der Waals surface area contributed by atoms with Gasteiger partial charge in [-0.15, -0.1) is 0 Å². The number of halogens is 2. The van der Waals surface area contributed by atoms with E-state index in [-0.39, 0.29) is 5.82 Å². The molecule has 1 unspecified atom stereocenters. The van der Waals surface area contributed by atoms with Crippen LogP contribution in [-0.4, -0.2) is 14.2 Å². The minimum atomic E-state index is -0.606. The maximum Gasteiger partial charge on any atom is 0.132 e. The van der Waals surface area contributed by atoms with Crippen molar-refractivity contribution in [3.05, 3.63) is 64.7 Å². The van der Waals surface area contributed by atoms with Crippen LogP contribution in [0.5, 0.6) is 5.75 Å². The van der Waals surface area contributed by atoms with Gasteiger partial charge in [-0.25, -0.2) is 8.78 Å². The van der Waals surface area contributed by atoms with Crippen LogP contribution in [0, 0.1) is 18.6 Å². The van der Waals surface area contributed by atoms with E-state index < -0.39 is 11.9 Å². The summed E-state index contributed by atoms with van der Waals surface area (Å²) in [6, 6.07) is 8.75. The number of aryl methyl sites for hydroxylation is 1. The van der Waals surface area contributed by atoms with Crippen molar-refractivity contribution in [1.82, 2.24) is 5.32 Å². The third kappa shape index (κ3) is 2.65. The standard InChI is InChI=1S/C16H17F2NO/c1-10-7-8-12(17)11(9-10)16(19-2)15-13(18)5-4-6-14(15)20-3/h4-9,16,19H,1-3H3. The van der Waals surface area contributed by atoms with Crippen LogP contribution in [0.15, 0.2) is 36.4 Å². The van der Waals surface area contributed by atoms with E-state index in [9.17, 15) is 8.78 Å². The highest BCUT2D eigenvalue weighted by Crippen LogP contribution is 2.33. The Bertz CT molecular complexity index is 613. The molecule has 4 heteroatoms. The van der Waals surface area contributed by atoms with E-state index in [1.165, 1.54) is 19.2 Å². The van der Waals surface area contributed by atoms with Gasteiger partial charge in [0.1, 0.15) is 17.4 Å². The average molecular weight is 277 g/mol. The third-order valence-electron chi connectivity index (χ3n) is 3.27. The van der Waals surface area contributed by atoms with Gasteiger partial charge in [-0.05, 0) is 32.2 Å². The van der Waals surface area contributed by atoms with Crippen molar-refractivity contribution in [2.75, 3.05) is 14.2 Å². The number of hydrogen-bond donors (Lipinski definition) is 1. The maximum absolute atomic E-state index is 14.1. The van der Waals surface area contributed by atoms with Gasteiger partial charge in [0.15, 0.2) is 0 Å². The first-order chi connectivity index (χ1) is 9.58. The molecule has 0 saturated heterocycles. The topological polar surface area (TPSA) is 21.3 Å². The minimum absolute atomic E-state index is 0.307. The highest BCUT2D eigenvalue weighted by Gasteiger charge is 2.23. The first kappa shape index (κ1) is 14.5. The molecule has 0 aliphatic heterocycles. The predicted octanol–water partition coefficient (Wildman–Crippen LogP) is 3.59. The number of benzene rings is 2. The van der Waals surface area contributed by atoms with Crippen molar-refractivity contribution in [1.29, 1.82) is 0 Å². The molecule has 0 heterocycles. The molecule has 2 aromatic rings.